The molecular weight excluding hydrogens is 354 g/mol. The van der Waals surface area contributed by atoms with E-state index in [-0.39, 0.29) is 24.1 Å². The van der Waals surface area contributed by atoms with Crippen LogP contribution in [0.2, 0.25) is 0 Å². The van der Waals surface area contributed by atoms with Gasteiger partial charge in [-0.15, -0.1) is 0 Å². The van der Waals surface area contributed by atoms with Gasteiger partial charge in [0.05, 0.1) is 18.2 Å². The molecule has 1 aromatic heterocycles. The van der Waals surface area contributed by atoms with Crippen molar-refractivity contribution < 1.29 is 22.7 Å². The number of hydrogen-bond donors (Lipinski definition) is 1. The minimum absolute atomic E-state index is 0.0725. The molecular formula is C20H18F2N2O3. The number of alkyl halides is 2. The summed E-state index contributed by atoms with van der Waals surface area (Å²) in [6, 6.07) is 15.3. The number of carbonyl (C=O) groups excluding carboxylic acids is 1. The van der Waals surface area contributed by atoms with Crippen LogP contribution in [0.5, 0.6) is 5.75 Å². The Morgan fingerprint density at radius 2 is 1.85 bits per heavy atom. The summed E-state index contributed by atoms with van der Waals surface area (Å²) in [7, 11) is 0. The van der Waals surface area contributed by atoms with E-state index in [0.717, 1.165) is 11.1 Å². The Morgan fingerprint density at radius 3 is 2.52 bits per heavy atom. The maximum Gasteiger partial charge on any atom is 0.387 e. The molecule has 1 unspecified atom stereocenters. The summed E-state index contributed by atoms with van der Waals surface area (Å²) in [5.41, 5.74) is 2.14. The summed E-state index contributed by atoms with van der Waals surface area (Å²) in [5, 5.41) is 2.84. The quantitative estimate of drug-likeness (QED) is 0.669. The van der Waals surface area contributed by atoms with Gasteiger partial charge in [-0.1, -0.05) is 30.3 Å². The van der Waals surface area contributed by atoms with Gasteiger partial charge in [-0.2, -0.15) is 8.78 Å². The first-order valence-electron chi connectivity index (χ1n) is 8.35. The highest BCUT2D eigenvalue weighted by atomic mass is 19.3. The number of aromatic nitrogens is 1. The number of nitrogens with one attached hydrogen (secondary N) is 1. The maximum absolute atomic E-state index is 12.2. The fraction of sp³-hybridized carbons (Fsp3) is 0.200. The maximum atomic E-state index is 12.2. The number of oxazole rings is 1. The van der Waals surface area contributed by atoms with Gasteiger partial charge >= 0.3 is 6.61 Å². The molecule has 0 aliphatic carbocycles. The van der Waals surface area contributed by atoms with Crippen LogP contribution in [0.25, 0.3) is 11.5 Å². The van der Waals surface area contributed by atoms with Crippen LogP contribution in [-0.4, -0.2) is 17.5 Å². The van der Waals surface area contributed by atoms with Gasteiger partial charge in [0, 0.05) is 5.56 Å². The second-order valence-corrected chi connectivity index (χ2v) is 5.92. The van der Waals surface area contributed by atoms with Crippen molar-refractivity contribution in [1.29, 1.82) is 0 Å². The zero-order valence-electron chi connectivity index (χ0n) is 14.6. The Bertz CT molecular complexity index is 880. The van der Waals surface area contributed by atoms with E-state index in [1.54, 1.807) is 19.1 Å². The molecule has 27 heavy (non-hydrogen) atoms. The molecule has 0 fully saturated rings. The molecule has 3 rings (SSSR count). The molecule has 0 saturated carbocycles. The van der Waals surface area contributed by atoms with Crippen molar-refractivity contribution in [2.75, 3.05) is 0 Å². The normalized spacial score (nSPS) is 12.0. The third-order valence-electron chi connectivity index (χ3n) is 3.90. The number of halogens is 2. The van der Waals surface area contributed by atoms with Gasteiger partial charge in [-0.25, -0.2) is 4.98 Å². The largest absolute Gasteiger partial charge is 0.444 e. The van der Waals surface area contributed by atoms with E-state index < -0.39 is 6.61 Å². The lowest BCUT2D eigenvalue weighted by molar-refractivity contribution is -0.121. The van der Waals surface area contributed by atoms with Gasteiger partial charge in [0.15, 0.2) is 0 Å². The summed E-state index contributed by atoms with van der Waals surface area (Å²) in [4.78, 5) is 16.6. The van der Waals surface area contributed by atoms with Gasteiger partial charge in [0.25, 0.3) is 0 Å². The van der Waals surface area contributed by atoms with Crippen LogP contribution in [0.1, 0.15) is 24.2 Å². The molecule has 2 aromatic carbocycles. The average molecular weight is 372 g/mol. The van der Waals surface area contributed by atoms with Crippen molar-refractivity contribution in [1.82, 2.24) is 10.3 Å². The van der Waals surface area contributed by atoms with E-state index in [0.29, 0.717) is 11.6 Å². The van der Waals surface area contributed by atoms with Crippen LogP contribution >= 0.6 is 0 Å². The van der Waals surface area contributed by atoms with Crippen LogP contribution in [0.3, 0.4) is 0 Å². The lowest BCUT2D eigenvalue weighted by atomic mass is 10.1. The van der Waals surface area contributed by atoms with E-state index in [1.165, 1.54) is 18.4 Å². The van der Waals surface area contributed by atoms with E-state index in [4.69, 9.17) is 4.42 Å². The number of rotatable bonds is 7. The summed E-state index contributed by atoms with van der Waals surface area (Å²) >= 11 is 0. The number of ether oxygens (including phenoxy) is 1. The molecule has 1 heterocycles. The second kappa shape index (κ2) is 8.44. The van der Waals surface area contributed by atoms with Crippen molar-refractivity contribution in [3.05, 3.63) is 72.1 Å². The first-order valence-corrected chi connectivity index (χ1v) is 8.35. The van der Waals surface area contributed by atoms with E-state index in [9.17, 15) is 13.6 Å². The number of nitrogens with zero attached hydrogens (tertiary/aromatic N) is 1. The van der Waals surface area contributed by atoms with E-state index in [1.807, 2.05) is 30.3 Å². The fourth-order valence-electron chi connectivity index (χ4n) is 2.58. The van der Waals surface area contributed by atoms with Crippen LogP contribution in [0, 0.1) is 0 Å². The Morgan fingerprint density at radius 1 is 1.15 bits per heavy atom. The van der Waals surface area contributed by atoms with Crippen molar-refractivity contribution >= 4 is 5.91 Å². The minimum Gasteiger partial charge on any atom is -0.444 e. The molecule has 1 amide bonds. The number of hydrogen-bond acceptors (Lipinski definition) is 4. The zero-order valence-corrected chi connectivity index (χ0v) is 14.6. The summed E-state index contributed by atoms with van der Waals surface area (Å²) in [6.45, 7) is -1.06. The molecule has 5 nitrogen and oxygen atoms in total. The first kappa shape index (κ1) is 18.6. The molecule has 0 radical (unpaired) electrons. The molecule has 0 saturated heterocycles. The van der Waals surface area contributed by atoms with E-state index in [2.05, 4.69) is 15.0 Å². The molecule has 0 bridgehead atoms. The lowest BCUT2D eigenvalue weighted by Gasteiger charge is -2.14. The fourth-order valence-corrected chi connectivity index (χ4v) is 2.58. The first-order chi connectivity index (χ1) is 13.0. The number of benzene rings is 2. The lowest BCUT2D eigenvalue weighted by Crippen LogP contribution is -2.28. The standard InChI is InChI=1S/C20H18F2N2O3/c1-13(14-7-9-17(10-8-14)27-20(21)22)23-18(25)11-16-12-26-19(24-16)15-5-3-2-4-6-15/h2-10,12-13,20H,11H2,1H3,(H,23,25). The average Bonchev–Trinajstić information content (AvgIpc) is 3.11. The predicted molar refractivity (Wildman–Crippen MR) is 95.3 cm³/mol. The minimum atomic E-state index is -2.86. The smallest absolute Gasteiger partial charge is 0.387 e. The molecule has 140 valence electrons. The highest BCUT2D eigenvalue weighted by Crippen LogP contribution is 2.20. The van der Waals surface area contributed by atoms with Gasteiger partial charge in [-0.05, 0) is 36.8 Å². The van der Waals surface area contributed by atoms with Gasteiger partial charge in [0.1, 0.15) is 12.0 Å². The summed E-state index contributed by atoms with van der Waals surface area (Å²) in [5.74, 6) is 0.313. The Hall–Kier alpha value is -3.22. The molecule has 1 atom stereocenters. The topological polar surface area (TPSA) is 64.4 Å². The van der Waals surface area contributed by atoms with Crippen molar-refractivity contribution in [3.63, 3.8) is 0 Å². The van der Waals surface area contributed by atoms with Crippen molar-refractivity contribution in [3.8, 4) is 17.2 Å². The Labute approximate surface area is 155 Å². The van der Waals surface area contributed by atoms with E-state index >= 15 is 0 Å². The van der Waals surface area contributed by atoms with Crippen LogP contribution in [0.15, 0.2) is 65.3 Å². The van der Waals surface area contributed by atoms with Crippen LogP contribution in [0.4, 0.5) is 8.78 Å². The van der Waals surface area contributed by atoms with Gasteiger partial charge < -0.3 is 14.5 Å². The number of carbonyl (C=O) groups is 1. The van der Waals surface area contributed by atoms with Crippen LogP contribution in [-0.2, 0) is 11.2 Å². The Kier molecular flexibility index (Phi) is 5.80. The molecule has 3 aromatic rings. The van der Waals surface area contributed by atoms with Gasteiger partial charge in [-0.3, -0.25) is 4.79 Å². The zero-order chi connectivity index (χ0) is 19.2. The van der Waals surface area contributed by atoms with Crippen molar-refractivity contribution in [2.45, 2.75) is 26.0 Å². The highest BCUT2D eigenvalue weighted by Gasteiger charge is 2.14. The van der Waals surface area contributed by atoms with Crippen LogP contribution < -0.4 is 10.1 Å². The van der Waals surface area contributed by atoms with Gasteiger partial charge in [0.2, 0.25) is 11.8 Å². The highest BCUT2D eigenvalue weighted by molar-refractivity contribution is 5.78. The number of amides is 1. The third kappa shape index (κ3) is 5.13. The molecule has 7 heteroatoms. The summed E-state index contributed by atoms with van der Waals surface area (Å²) < 4.78 is 34.1. The predicted octanol–water partition coefficient (Wildman–Crippen LogP) is 4.36. The molecule has 0 aliphatic heterocycles. The SMILES string of the molecule is CC(NC(=O)Cc1coc(-c2ccccc2)n1)c1ccc(OC(F)F)cc1. The summed E-state index contributed by atoms with van der Waals surface area (Å²) in [6.07, 6.45) is 1.54. The molecule has 0 aliphatic rings. The molecule has 0 spiro atoms. The third-order valence-corrected chi connectivity index (χ3v) is 3.90. The Balaban J connectivity index is 1.56. The molecule has 1 N–H and O–H groups in total. The monoisotopic (exact) mass is 372 g/mol. The van der Waals surface area contributed by atoms with Crippen molar-refractivity contribution in [2.24, 2.45) is 0 Å². The second-order valence-electron chi connectivity index (χ2n) is 5.92.